The monoisotopic (exact) mass is 752 g/mol. The second-order valence-corrected chi connectivity index (χ2v) is 15.2. The molecular weight excluding hydrogens is 701 g/mol. The van der Waals surface area contributed by atoms with Crippen LogP contribution in [0.2, 0.25) is 0 Å². The van der Waals surface area contributed by atoms with Crippen LogP contribution in [0.25, 0.3) is 22.5 Å². The number of aromatic nitrogens is 4. The number of tetrazole rings is 1. The number of nitrogens with zero attached hydrogens (tertiary/aromatic N) is 4. The minimum Gasteiger partial charge on any atom is -0.492 e. The second-order valence-electron chi connectivity index (χ2n) is 15.2. The number of rotatable bonds is 14. The summed E-state index contributed by atoms with van der Waals surface area (Å²) in [5, 5.41) is 23.0. The molecule has 1 aromatic heterocycles. The lowest BCUT2D eigenvalue weighted by molar-refractivity contribution is -0.130. The third-order valence-corrected chi connectivity index (χ3v) is 9.88. The number of carbonyl (C=O) groups excluding carboxylic acids is 3. The van der Waals surface area contributed by atoms with Crippen LogP contribution in [-0.4, -0.2) is 101 Å². The van der Waals surface area contributed by atoms with Crippen LogP contribution in [0.4, 0.5) is 10.5 Å². The van der Waals surface area contributed by atoms with E-state index >= 15 is 0 Å². The number of ether oxygens (including phenoxy) is 3. The Morgan fingerprint density at radius 3 is 2.35 bits per heavy atom. The molecule has 0 spiro atoms. The molecule has 1 saturated carbocycles. The summed E-state index contributed by atoms with van der Waals surface area (Å²) in [5.41, 5.74) is 3.72. The number of hydrogen-bond donors (Lipinski definition) is 4. The quantitative estimate of drug-likeness (QED) is 0.134. The summed E-state index contributed by atoms with van der Waals surface area (Å²) in [5.74, 6) is 0.827. The molecule has 2 aliphatic rings. The van der Waals surface area contributed by atoms with Gasteiger partial charge in [0.1, 0.15) is 24.0 Å². The Morgan fingerprint density at radius 1 is 0.927 bits per heavy atom. The van der Waals surface area contributed by atoms with Crippen LogP contribution in [0.5, 0.6) is 5.75 Å². The van der Waals surface area contributed by atoms with E-state index in [-0.39, 0.29) is 23.7 Å². The summed E-state index contributed by atoms with van der Waals surface area (Å²) in [4.78, 5) is 42.0. The molecule has 3 amide bonds. The predicted molar refractivity (Wildman–Crippen MR) is 208 cm³/mol. The largest absolute Gasteiger partial charge is 0.492 e. The molecule has 1 aliphatic carbocycles. The van der Waals surface area contributed by atoms with Crippen LogP contribution in [0, 0.1) is 11.8 Å². The number of anilines is 1. The zero-order valence-electron chi connectivity index (χ0n) is 31.9. The number of benzene rings is 3. The van der Waals surface area contributed by atoms with E-state index in [0.29, 0.717) is 43.9 Å². The zero-order chi connectivity index (χ0) is 38.6. The van der Waals surface area contributed by atoms with Crippen LogP contribution < -0.4 is 20.7 Å². The fourth-order valence-electron chi connectivity index (χ4n) is 6.84. The number of nitrogens with one attached hydrogen (secondary N) is 4. The van der Waals surface area contributed by atoms with Gasteiger partial charge < -0.3 is 30.2 Å². The molecular formula is C41H52N8O6. The van der Waals surface area contributed by atoms with E-state index in [4.69, 9.17) is 14.2 Å². The molecule has 292 valence electrons. The van der Waals surface area contributed by atoms with Gasteiger partial charge >= 0.3 is 6.09 Å². The lowest BCUT2D eigenvalue weighted by Gasteiger charge is -2.29. The van der Waals surface area contributed by atoms with Gasteiger partial charge in [-0.1, -0.05) is 36.4 Å². The highest BCUT2D eigenvalue weighted by atomic mass is 16.6. The van der Waals surface area contributed by atoms with Crippen molar-refractivity contribution >= 4 is 23.6 Å². The Bertz CT molecular complexity index is 1830. The molecule has 2 heterocycles. The van der Waals surface area contributed by atoms with E-state index in [1.807, 2.05) is 69.3 Å². The maximum Gasteiger partial charge on any atom is 0.407 e. The van der Waals surface area contributed by atoms with Gasteiger partial charge in [0.2, 0.25) is 17.6 Å². The maximum absolute atomic E-state index is 13.8. The fourth-order valence-corrected chi connectivity index (χ4v) is 6.84. The molecule has 0 radical (unpaired) electrons. The summed E-state index contributed by atoms with van der Waals surface area (Å²) in [6, 6.07) is 22.4. The van der Waals surface area contributed by atoms with Gasteiger partial charge in [-0.3, -0.25) is 14.5 Å². The predicted octanol–water partition coefficient (Wildman–Crippen LogP) is 5.24. The Labute approximate surface area is 322 Å². The smallest absolute Gasteiger partial charge is 0.407 e. The number of hydrogen-bond acceptors (Lipinski definition) is 10. The number of morpholine rings is 1. The van der Waals surface area contributed by atoms with Crippen molar-refractivity contribution < 1.29 is 28.6 Å². The Balaban J connectivity index is 1.07. The third kappa shape index (κ3) is 12.1. The summed E-state index contributed by atoms with van der Waals surface area (Å²) < 4.78 is 16.9. The first-order valence-corrected chi connectivity index (χ1v) is 19.1. The SMILES string of the molecule is CC(C)(C)OC(=O)NCC1CCC(C(=O)NC(Cc2ccc(-c3cccc(OCCN4CCOCC4)c3)cc2)C(=O)Nc2ccc(-c3nn[nH]n3)cc2)CC1. The first-order valence-electron chi connectivity index (χ1n) is 19.1. The first-order chi connectivity index (χ1) is 26.6. The van der Waals surface area contributed by atoms with Crippen molar-refractivity contribution in [2.24, 2.45) is 11.8 Å². The lowest BCUT2D eigenvalue weighted by atomic mass is 9.81. The molecule has 4 N–H and O–H groups in total. The van der Waals surface area contributed by atoms with Gasteiger partial charge in [-0.05, 0) is 111 Å². The normalized spacial score (nSPS) is 18.2. The van der Waals surface area contributed by atoms with Crippen molar-refractivity contribution in [1.29, 1.82) is 0 Å². The Hall–Kier alpha value is -5.34. The fraction of sp³-hybridized carbons (Fsp3) is 0.463. The molecule has 2 fully saturated rings. The van der Waals surface area contributed by atoms with Gasteiger partial charge in [0.15, 0.2) is 0 Å². The summed E-state index contributed by atoms with van der Waals surface area (Å²) in [7, 11) is 0. The molecule has 1 atom stereocenters. The highest BCUT2D eigenvalue weighted by molar-refractivity contribution is 5.97. The van der Waals surface area contributed by atoms with Crippen LogP contribution >= 0.6 is 0 Å². The van der Waals surface area contributed by atoms with Crippen LogP contribution in [0.3, 0.4) is 0 Å². The van der Waals surface area contributed by atoms with Crippen LogP contribution in [-0.2, 0) is 25.5 Å². The minimum atomic E-state index is -0.815. The van der Waals surface area contributed by atoms with E-state index in [1.165, 1.54) is 0 Å². The van der Waals surface area contributed by atoms with E-state index in [9.17, 15) is 14.4 Å². The highest BCUT2D eigenvalue weighted by Crippen LogP contribution is 2.29. The van der Waals surface area contributed by atoms with Crippen LogP contribution in [0.15, 0.2) is 72.8 Å². The number of aromatic amines is 1. The number of amides is 3. The van der Waals surface area contributed by atoms with Gasteiger partial charge in [0.05, 0.1) is 13.2 Å². The van der Waals surface area contributed by atoms with E-state index < -0.39 is 17.7 Å². The average molecular weight is 753 g/mol. The molecule has 6 rings (SSSR count). The molecule has 55 heavy (non-hydrogen) atoms. The molecule has 14 heteroatoms. The summed E-state index contributed by atoms with van der Waals surface area (Å²) in [6.07, 6.45) is 2.79. The topological polar surface area (TPSA) is 173 Å². The molecule has 1 saturated heterocycles. The van der Waals surface area contributed by atoms with Gasteiger partial charge in [0.25, 0.3) is 0 Å². The van der Waals surface area contributed by atoms with E-state index in [1.54, 1.807) is 24.3 Å². The molecule has 1 aliphatic heterocycles. The minimum absolute atomic E-state index is 0.145. The average Bonchev–Trinajstić information content (AvgIpc) is 3.73. The van der Waals surface area contributed by atoms with Crippen molar-refractivity contribution in [2.45, 2.75) is 64.5 Å². The standard InChI is InChI=1S/C41H52N8O6/c1-41(2,3)55-40(52)42-27-29-9-13-32(14-10-29)38(50)44-36(39(51)43-34-17-15-31(16-18-34)37-45-47-48-46-37)25-28-7-11-30(12-8-28)33-5-4-6-35(26-33)54-24-21-49-19-22-53-23-20-49/h4-8,11-12,15-18,26,29,32,36H,9-10,13-14,19-25,27H2,1-3H3,(H,42,52)(H,43,51)(H,44,50)(H,45,46,47,48). The van der Waals surface area contributed by atoms with Crippen molar-refractivity contribution in [2.75, 3.05) is 51.3 Å². The molecule has 1 unspecified atom stereocenters. The van der Waals surface area contributed by atoms with Crippen LogP contribution in [0.1, 0.15) is 52.0 Å². The summed E-state index contributed by atoms with van der Waals surface area (Å²) in [6.45, 7) is 10.8. The van der Waals surface area contributed by atoms with Crippen molar-refractivity contribution in [3.63, 3.8) is 0 Å². The maximum atomic E-state index is 13.8. The molecule has 4 aromatic rings. The van der Waals surface area contributed by atoms with Gasteiger partial charge in [-0.25, -0.2) is 4.79 Å². The Morgan fingerprint density at radius 2 is 1.65 bits per heavy atom. The Kier molecular flexibility index (Phi) is 13.5. The van der Waals surface area contributed by atoms with Gasteiger partial charge in [0, 0.05) is 49.8 Å². The van der Waals surface area contributed by atoms with Gasteiger partial charge in [-0.2, -0.15) is 5.21 Å². The molecule has 3 aromatic carbocycles. The number of alkyl carbamates (subject to hydrolysis) is 1. The van der Waals surface area contributed by atoms with Crippen molar-refractivity contribution in [3.8, 4) is 28.3 Å². The first kappa shape index (κ1) is 39.4. The van der Waals surface area contributed by atoms with E-state index in [2.05, 4.69) is 41.5 Å². The zero-order valence-corrected chi connectivity index (χ0v) is 31.9. The molecule has 0 bridgehead atoms. The van der Waals surface area contributed by atoms with Crippen molar-refractivity contribution in [1.82, 2.24) is 36.2 Å². The third-order valence-electron chi connectivity index (χ3n) is 9.88. The summed E-state index contributed by atoms with van der Waals surface area (Å²) >= 11 is 0. The van der Waals surface area contributed by atoms with Crippen molar-refractivity contribution in [3.05, 3.63) is 78.4 Å². The molecule has 14 nitrogen and oxygen atoms in total. The number of carbonyl (C=O) groups is 3. The second kappa shape index (κ2) is 18.8. The highest BCUT2D eigenvalue weighted by Gasteiger charge is 2.30. The lowest BCUT2D eigenvalue weighted by Crippen LogP contribution is -2.48. The number of H-pyrrole nitrogens is 1. The van der Waals surface area contributed by atoms with E-state index in [0.717, 1.165) is 73.7 Å². The van der Waals surface area contributed by atoms with Gasteiger partial charge in [-0.15, -0.1) is 10.2 Å².